The number of halogens is 3. The number of aromatic carboxylic acids is 1. The molecule has 0 spiro atoms. The Morgan fingerprint density at radius 2 is 2.14 bits per heavy atom. The number of alkyl halides is 3. The summed E-state index contributed by atoms with van der Waals surface area (Å²) in [5.41, 5.74) is 0.0656. The molecule has 0 unspecified atom stereocenters. The quantitative estimate of drug-likeness (QED) is 0.839. The van der Waals surface area contributed by atoms with E-state index in [4.69, 9.17) is 5.11 Å². The van der Waals surface area contributed by atoms with Gasteiger partial charge in [-0.3, -0.25) is 0 Å². The summed E-state index contributed by atoms with van der Waals surface area (Å²) in [5.74, 6) is -0.513. The van der Waals surface area contributed by atoms with E-state index in [1.54, 1.807) is 6.07 Å². The van der Waals surface area contributed by atoms with Crippen LogP contribution in [0, 0.1) is 6.92 Å². The highest BCUT2D eigenvalue weighted by molar-refractivity contribution is 7.98. The van der Waals surface area contributed by atoms with Crippen LogP contribution in [-0.4, -0.2) is 16.1 Å². The molecule has 2 aromatic rings. The van der Waals surface area contributed by atoms with Crippen LogP contribution in [0.15, 0.2) is 29.4 Å². The summed E-state index contributed by atoms with van der Waals surface area (Å²) in [6, 6.07) is 3.88. The number of aromatic nitrogens is 1. The number of thioether (sulfide) groups is 1. The van der Waals surface area contributed by atoms with Crippen molar-refractivity contribution in [2.75, 3.05) is 0 Å². The maximum absolute atomic E-state index is 12.4. The fraction of sp³-hybridized carbons (Fsp3) is 0.231. The molecule has 0 saturated carbocycles. The Labute approximate surface area is 126 Å². The van der Waals surface area contributed by atoms with E-state index in [2.05, 4.69) is 4.98 Å². The maximum Gasteiger partial charge on any atom is 0.417 e. The first-order valence-electron chi connectivity index (χ1n) is 5.76. The summed E-state index contributed by atoms with van der Waals surface area (Å²) in [4.78, 5) is 15.8. The van der Waals surface area contributed by atoms with E-state index in [1.807, 2.05) is 6.92 Å². The number of rotatable bonds is 4. The number of carboxylic acids is 1. The lowest BCUT2D eigenvalue weighted by atomic mass is 10.3. The normalized spacial score (nSPS) is 11.6. The second-order valence-electron chi connectivity index (χ2n) is 4.17. The molecule has 112 valence electrons. The van der Waals surface area contributed by atoms with E-state index in [0.717, 1.165) is 22.7 Å². The van der Waals surface area contributed by atoms with Crippen LogP contribution < -0.4 is 0 Å². The van der Waals surface area contributed by atoms with Gasteiger partial charge in [0.05, 0.1) is 10.6 Å². The molecule has 2 heterocycles. The van der Waals surface area contributed by atoms with Crippen LogP contribution in [0.25, 0.3) is 0 Å². The van der Waals surface area contributed by atoms with Crippen molar-refractivity contribution < 1.29 is 23.1 Å². The van der Waals surface area contributed by atoms with Gasteiger partial charge < -0.3 is 5.11 Å². The molecule has 0 atom stereocenters. The Balaban J connectivity index is 2.05. The molecule has 3 nitrogen and oxygen atoms in total. The Morgan fingerprint density at radius 3 is 2.62 bits per heavy atom. The third-order valence-electron chi connectivity index (χ3n) is 2.67. The first-order chi connectivity index (χ1) is 9.77. The predicted molar refractivity (Wildman–Crippen MR) is 74.8 cm³/mol. The minimum Gasteiger partial charge on any atom is -0.477 e. The summed E-state index contributed by atoms with van der Waals surface area (Å²) >= 11 is 2.45. The number of aryl methyl sites for hydroxylation is 1. The molecule has 21 heavy (non-hydrogen) atoms. The number of nitrogens with zero attached hydrogens (tertiary/aromatic N) is 1. The molecule has 0 aliphatic heterocycles. The Kier molecular flexibility index (Phi) is 4.58. The van der Waals surface area contributed by atoms with Gasteiger partial charge in [0.2, 0.25) is 0 Å². The van der Waals surface area contributed by atoms with Crippen LogP contribution in [0.3, 0.4) is 0 Å². The average molecular weight is 333 g/mol. The Bertz CT molecular complexity index is 650. The number of hydrogen-bond donors (Lipinski definition) is 1. The SMILES string of the molecule is Cc1sc(C(=O)O)cc1CSc1ccc(C(F)(F)F)cn1. The molecule has 0 amide bonds. The van der Waals surface area contributed by atoms with E-state index < -0.39 is 17.7 Å². The highest BCUT2D eigenvalue weighted by Crippen LogP contribution is 2.31. The summed E-state index contributed by atoms with van der Waals surface area (Å²) in [6.07, 6.45) is -3.60. The molecule has 2 rings (SSSR count). The van der Waals surface area contributed by atoms with E-state index in [-0.39, 0.29) is 4.88 Å². The second-order valence-corrected chi connectivity index (χ2v) is 6.42. The van der Waals surface area contributed by atoms with Gasteiger partial charge in [-0.1, -0.05) is 0 Å². The predicted octanol–water partition coefficient (Wildman–Crippen LogP) is 4.46. The zero-order valence-corrected chi connectivity index (χ0v) is 12.4. The number of carbonyl (C=O) groups is 1. The summed E-state index contributed by atoms with van der Waals surface area (Å²) in [5, 5.41) is 9.36. The van der Waals surface area contributed by atoms with Gasteiger partial charge in [-0.25, -0.2) is 9.78 Å². The minimum atomic E-state index is -4.39. The van der Waals surface area contributed by atoms with Crippen molar-refractivity contribution in [1.29, 1.82) is 0 Å². The third kappa shape index (κ3) is 3.98. The Hall–Kier alpha value is -1.54. The van der Waals surface area contributed by atoms with Crippen LogP contribution in [0.1, 0.15) is 25.7 Å². The molecule has 0 radical (unpaired) electrons. The highest BCUT2D eigenvalue weighted by Gasteiger charge is 2.30. The summed E-state index contributed by atoms with van der Waals surface area (Å²) in [6.45, 7) is 1.81. The molecule has 0 bridgehead atoms. The molecular formula is C13H10F3NO2S2. The molecule has 2 aromatic heterocycles. The first-order valence-corrected chi connectivity index (χ1v) is 7.56. The van der Waals surface area contributed by atoms with Crippen LogP contribution in [0.2, 0.25) is 0 Å². The second kappa shape index (κ2) is 6.07. The van der Waals surface area contributed by atoms with Gasteiger partial charge in [-0.15, -0.1) is 23.1 Å². The van der Waals surface area contributed by atoms with Gasteiger partial charge in [-0.05, 0) is 30.7 Å². The van der Waals surface area contributed by atoms with Gasteiger partial charge in [0, 0.05) is 16.8 Å². The van der Waals surface area contributed by atoms with Crippen LogP contribution >= 0.6 is 23.1 Å². The summed E-state index contributed by atoms with van der Waals surface area (Å²) < 4.78 is 37.2. The van der Waals surface area contributed by atoms with Gasteiger partial charge in [-0.2, -0.15) is 13.2 Å². The van der Waals surface area contributed by atoms with Crippen LogP contribution in [0.5, 0.6) is 0 Å². The lowest BCUT2D eigenvalue weighted by Gasteiger charge is -2.06. The monoisotopic (exact) mass is 333 g/mol. The van der Waals surface area contributed by atoms with Crippen LogP contribution in [0.4, 0.5) is 13.2 Å². The number of thiophene rings is 1. The van der Waals surface area contributed by atoms with E-state index in [9.17, 15) is 18.0 Å². The fourth-order valence-corrected chi connectivity index (χ4v) is 3.42. The van der Waals surface area contributed by atoms with Gasteiger partial charge in [0.25, 0.3) is 0 Å². The van der Waals surface area contributed by atoms with Gasteiger partial charge in [0.1, 0.15) is 4.88 Å². The molecule has 0 aliphatic carbocycles. The van der Waals surface area contributed by atoms with Gasteiger partial charge in [0.15, 0.2) is 0 Å². The lowest BCUT2D eigenvalue weighted by Crippen LogP contribution is -2.05. The van der Waals surface area contributed by atoms with E-state index in [0.29, 0.717) is 10.8 Å². The van der Waals surface area contributed by atoms with Crippen molar-refractivity contribution in [3.05, 3.63) is 45.3 Å². The standard InChI is InChI=1S/C13H10F3NO2S2/c1-7-8(4-10(21-7)12(18)19)6-20-11-3-2-9(5-17-11)13(14,15)16/h2-5H,6H2,1H3,(H,18,19). The molecule has 0 fully saturated rings. The lowest BCUT2D eigenvalue weighted by molar-refractivity contribution is -0.137. The highest BCUT2D eigenvalue weighted by atomic mass is 32.2. The summed E-state index contributed by atoms with van der Waals surface area (Å²) in [7, 11) is 0. The largest absolute Gasteiger partial charge is 0.477 e. The number of pyridine rings is 1. The fourth-order valence-electron chi connectivity index (χ4n) is 1.55. The van der Waals surface area contributed by atoms with E-state index in [1.165, 1.54) is 29.2 Å². The molecule has 0 saturated heterocycles. The van der Waals surface area contributed by atoms with Crippen molar-refractivity contribution in [3.8, 4) is 0 Å². The smallest absolute Gasteiger partial charge is 0.417 e. The van der Waals surface area contributed by atoms with Crippen molar-refractivity contribution in [1.82, 2.24) is 4.98 Å². The minimum absolute atomic E-state index is 0.253. The zero-order chi connectivity index (χ0) is 15.6. The van der Waals surface area contributed by atoms with Crippen molar-refractivity contribution in [3.63, 3.8) is 0 Å². The maximum atomic E-state index is 12.4. The molecule has 0 aromatic carbocycles. The van der Waals surface area contributed by atoms with Crippen molar-refractivity contribution >= 4 is 29.1 Å². The topological polar surface area (TPSA) is 50.2 Å². The van der Waals surface area contributed by atoms with Crippen molar-refractivity contribution in [2.45, 2.75) is 23.9 Å². The number of carboxylic acid groups (broad SMARTS) is 1. The van der Waals surface area contributed by atoms with Crippen LogP contribution in [-0.2, 0) is 11.9 Å². The molecule has 8 heteroatoms. The molecule has 1 N–H and O–H groups in total. The molecule has 0 aliphatic rings. The third-order valence-corrected chi connectivity index (χ3v) is 4.74. The number of hydrogen-bond acceptors (Lipinski definition) is 4. The molecular weight excluding hydrogens is 323 g/mol. The first kappa shape index (κ1) is 15.8. The van der Waals surface area contributed by atoms with Gasteiger partial charge >= 0.3 is 12.1 Å². The van der Waals surface area contributed by atoms with Crippen molar-refractivity contribution in [2.24, 2.45) is 0 Å². The average Bonchev–Trinajstić information content (AvgIpc) is 2.77. The van der Waals surface area contributed by atoms with E-state index >= 15 is 0 Å². The Morgan fingerprint density at radius 1 is 1.43 bits per heavy atom. The zero-order valence-electron chi connectivity index (χ0n) is 10.8.